The van der Waals surface area contributed by atoms with Gasteiger partial charge in [-0.2, -0.15) is 0 Å². The van der Waals surface area contributed by atoms with Crippen molar-refractivity contribution in [1.29, 1.82) is 0 Å². The van der Waals surface area contributed by atoms with Gasteiger partial charge in [0.05, 0.1) is 6.61 Å². The van der Waals surface area contributed by atoms with Crippen LogP contribution in [0.25, 0.3) is 11.6 Å². The first-order valence-corrected chi connectivity index (χ1v) is 9.70. The molecular formula is C25H28O2. The van der Waals surface area contributed by atoms with Crippen LogP contribution in [0.2, 0.25) is 0 Å². The lowest BCUT2D eigenvalue weighted by molar-refractivity contribution is -0.137. The Hall–Kier alpha value is -2.61. The molecule has 0 aliphatic heterocycles. The molecule has 2 heteroatoms. The molecule has 3 rings (SSSR count). The summed E-state index contributed by atoms with van der Waals surface area (Å²) in [6.45, 7) is 10.5. The second kappa shape index (κ2) is 8.39. The molecule has 0 fully saturated rings. The van der Waals surface area contributed by atoms with Crippen LogP contribution < -0.4 is 0 Å². The Kier molecular flexibility index (Phi) is 5.95. The quantitative estimate of drug-likeness (QED) is 0.350. The number of allylic oxidation sites excluding steroid dienone is 1. The molecule has 1 aliphatic rings. The highest BCUT2D eigenvalue weighted by atomic mass is 16.5. The van der Waals surface area contributed by atoms with Gasteiger partial charge >= 0.3 is 5.97 Å². The van der Waals surface area contributed by atoms with Crippen molar-refractivity contribution in [1.82, 2.24) is 0 Å². The number of aryl methyl sites for hydroxylation is 2. The van der Waals surface area contributed by atoms with Crippen LogP contribution in [0.1, 0.15) is 59.6 Å². The van der Waals surface area contributed by atoms with E-state index in [4.69, 9.17) is 4.74 Å². The molecule has 27 heavy (non-hydrogen) atoms. The Bertz CT molecular complexity index is 887. The molecule has 0 aromatic heterocycles. The predicted molar refractivity (Wildman–Crippen MR) is 113 cm³/mol. The molecule has 2 aromatic carbocycles. The zero-order valence-electron chi connectivity index (χ0n) is 16.5. The third-order valence-electron chi connectivity index (χ3n) is 5.21. The zero-order valence-corrected chi connectivity index (χ0v) is 16.5. The maximum atomic E-state index is 11.1. The van der Waals surface area contributed by atoms with Gasteiger partial charge in [0.1, 0.15) is 0 Å². The normalized spacial score (nSPS) is 12.7. The molecule has 0 atom stereocenters. The van der Waals surface area contributed by atoms with Crippen molar-refractivity contribution < 1.29 is 9.53 Å². The summed E-state index contributed by atoms with van der Waals surface area (Å²) in [5, 5.41) is 0. The van der Waals surface area contributed by atoms with E-state index in [1.807, 2.05) is 0 Å². The molecule has 0 bridgehead atoms. The van der Waals surface area contributed by atoms with Gasteiger partial charge in [0.2, 0.25) is 0 Å². The van der Waals surface area contributed by atoms with Crippen molar-refractivity contribution in [3.8, 4) is 0 Å². The predicted octanol–water partition coefficient (Wildman–Crippen LogP) is 5.88. The van der Waals surface area contributed by atoms with Crippen LogP contribution in [-0.2, 0) is 22.4 Å². The van der Waals surface area contributed by atoms with Gasteiger partial charge in [0.25, 0.3) is 0 Å². The highest BCUT2D eigenvalue weighted by molar-refractivity contribution is 5.89. The Labute approximate surface area is 162 Å². The summed E-state index contributed by atoms with van der Waals surface area (Å²) in [7, 11) is 0. The number of hydrogen-bond donors (Lipinski definition) is 0. The fourth-order valence-electron chi connectivity index (χ4n) is 3.58. The van der Waals surface area contributed by atoms with Crippen molar-refractivity contribution in [2.75, 3.05) is 6.61 Å². The topological polar surface area (TPSA) is 26.3 Å². The number of benzene rings is 2. The van der Waals surface area contributed by atoms with Crippen LogP contribution in [-0.4, -0.2) is 12.6 Å². The van der Waals surface area contributed by atoms with Crippen LogP contribution in [0.5, 0.6) is 0 Å². The average molecular weight is 360 g/mol. The Morgan fingerprint density at radius 3 is 2.78 bits per heavy atom. The fourth-order valence-corrected chi connectivity index (χ4v) is 3.58. The summed E-state index contributed by atoms with van der Waals surface area (Å²) < 4.78 is 5.06. The van der Waals surface area contributed by atoms with E-state index in [9.17, 15) is 4.79 Å². The molecule has 0 heterocycles. The van der Waals surface area contributed by atoms with Gasteiger partial charge in [-0.3, -0.25) is 0 Å². The lowest BCUT2D eigenvalue weighted by Gasteiger charge is -2.12. The smallest absolute Gasteiger partial charge is 0.330 e. The van der Waals surface area contributed by atoms with E-state index in [0.29, 0.717) is 12.5 Å². The number of hydrogen-bond acceptors (Lipinski definition) is 2. The van der Waals surface area contributed by atoms with E-state index in [-0.39, 0.29) is 5.97 Å². The number of esters is 1. The van der Waals surface area contributed by atoms with Gasteiger partial charge in [0.15, 0.2) is 0 Å². The molecule has 140 valence electrons. The van der Waals surface area contributed by atoms with E-state index in [1.54, 1.807) is 0 Å². The monoisotopic (exact) mass is 360 g/mol. The summed E-state index contributed by atoms with van der Waals surface area (Å²) >= 11 is 0. The zero-order chi connectivity index (χ0) is 19.4. The fraction of sp³-hybridized carbons (Fsp3) is 0.320. The number of fused-ring (bicyclic) bond motifs is 1. The van der Waals surface area contributed by atoms with Crippen LogP contribution in [0.15, 0.2) is 49.1 Å². The average Bonchev–Trinajstić information content (AvgIpc) is 3.08. The van der Waals surface area contributed by atoms with Crippen molar-refractivity contribution in [2.45, 2.75) is 46.0 Å². The van der Waals surface area contributed by atoms with Gasteiger partial charge < -0.3 is 4.74 Å². The van der Waals surface area contributed by atoms with Crippen LogP contribution >= 0.6 is 0 Å². The first-order valence-electron chi connectivity index (χ1n) is 9.70. The third-order valence-corrected chi connectivity index (χ3v) is 5.21. The number of carbonyl (C=O) groups excluding carboxylic acids is 1. The highest BCUT2D eigenvalue weighted by Crippen LogP contribution is 2.35. The SMILES string of the molecule is C=CC(=O)OCCCc1ccc2c(c1)CC(c1cc(C(C)C)ccc1C)=C2. The first kappa shape index (κ1) is 19.2. The van der Waals surface area contributed by atoms with Gasteiger partial charge in [-0.25, -0.2) is 4.79 Å². The minimum atomic E-state index is -0.350. The van der Waals surface area contributed by atoms with Crippen LogP contribution in [0, 0.1) is 6.92 Å². The molecule has 0 spiro atoms. The largest absolute Gasteiger partial charge is 0.463 e. The van der Waals surface area contributed by atoms with E-state index in [0.717, 1.165) is 19.3 Å². The first-order chi connectivity index (χ1) is 13.0. The second-order valence-corrected chi connectivity index (χ2v) is 7.58. The summed E-state index contributed by atoms with van der Waals surface area (Å²) in [4.78, 5) is 11.1. The van der Waals surface area contributed by atoms with Gasteiger partial charge in [-0.05, 0) is 71.1 Å². The van der Waals surface area contributed by atoms with E-state index in [1.165, 1.54) is 45.0 Å². The molecule has 0 radical (unpaired) electrons. The molecule has 0 unspecified atom stereocenters. The molecule has 0 N–H and O–H groups in total. The summed E-state index contributed by atoms with van der Waals surface area (Å²) in [5.41, 5.74) is 9.51. The Balaban J connectivity index is 1.69. The molecule has 0 saturated carbocycles. The third kappa shape index (κ3) is 4.57. The van der Waals surface area contributed by atoms with Crippen molar-refractivity contribution >= 4 is 17.6 Å². The van der Waals surface area contributed by atoms with E-state index in [2.05, 4.69) is 69.8 Å². The minimum Gasteiger partial charge on any atom is -0.463 e. The number of ether oxygens (including phenoxy) is 1. The second-order valence-electron chi connectivity index (χ2n) is 7.58. The van der Waals surface area contributed by atoms with Gasteiger partial charge in [-0.15, -0.1) is 0 Å². The Morgan fingerprint density at radius 2 is 2.04 bits per heavy atom. The lowest BCUT2D eigenvalue weighted by atomic mass is 9.93. The molecular weight excluding hydrogens is 332 g/mol. The Morgan fingerprint density at radius 1 is 1.22 bits per heavy atom. The van der Waals surface area contributed by atoms with Gasteiger partial charge in [0, 0.05) is 6.08 Å². The van der Waals surface area contributed by atoms with Crippen molar-refractivity contribution in [2.24, 2.45) is 0 Å². The van der Waals surface area contributed by atoms with Crippen LogP contribution in [0.4, 0.5) is 0 Å². The minimum absolute atomic E-state index is 0.350. The number of carbonyl (C=O) groups is 1. The lowest BCUT2D eigenvalue weighted by Crippen LogP contribution is -2.03. The van der Waals surface area contributed by atoms with E-state index < -0.39 is 0 Å². The van der Waals surface area contributed by atoms with E-state index >= 15 is 0 Å². The molecule has 0 amide bonds. The highest BCUT2D eigenvalue weighted by Gasteiger charge is 2.17. The summed E-state index contributed by atoms with van der Waals surface area (Å²) in [6, 6.07) is 13.5. The number of rotatable bonds is 7. The van der Waals surface area contributed by atoms with Gasteiger partial charge in [-0.1, -0.05) is 62.9 Å². The summed E-state index contributed by atoms with van der Waals surface area (Å²) in [5.74, 6) is 0.187. The maximum absolute atomic E-state index is 11.1. The van der Waals surface area contributed by atoms with Crippen molar-refractivity contribution in [3.05, 3.63) is 82.4 Å². The van der Waals surface area contributed by atoms with Crippen molar-refractivity contribution in [3.63, 3.8) is 0 Å². The molecule has 2 aromatic rings. The molecule has 2 nitrogen and oxygen atoms in total. The van der Waals surface area contributed by atoms with Crippen LogP contribution in [0.3, 0.4) is 0 Å². The molecule has 1 aliphatic carbocycles. The standard InChI is InChI=1S/C25H28O2/c1-5-25(26)27-12-6-7-19-9-11-21-14-23(15-22(21)13-19)24-16-20(17(2)3)10-8-18(24)4/h5,8-11,13-14,16-17H,1,6-7,12,15H2,2-4H3. The maximum Gasteiger partial charge on any atom is 0.330 e. The summed E-state index contributed by atoms with van der Waals surface area (Å²) in [6.07, 6.45) is 6.26. The molecule has 0 saturated heterocycles.